The fourth-order valence-corrected chi connectivity index (χ4v) is 3.58. The van der Waals surface area contributed by atoms with Crippen LogP contribution in [-0.2, 0) is 0 Å². The second-order valence-corrected chi connectivity index (χ2v) is 7.33. The highest BCUT2D eigenvalue weighted by atomic mass is 32.2. The Morgan fingerprint density at radius 2 is 1.32 bits per heavy atom. The summed E-state index contributed by atoms with van der Waals surface area (Å²) < 4.78 is 24.5. The first-order valence-electron chi connectivity index (χ1n) is 9.46. The minimum Gasteiger partial charge on any atom is -0.504 e. The van der Waals surface area contributed by atoms with Gasteiger partial charge in [-0.05, 0) is 65.5 Å². The predicted molar refractivity (Wildman–Crippen MR) is 126 cm³/mol. The summed E-state index contributed by atoms with van der Waals surface area (Å²) in [5.41, 5.74) is 2.93. The Morgan fingerprint density at radius 3 is 1.87 bits per heavy atom. The molecular weight excluding hydrogens is 414 g/mol. The molecule has 0 radical (unpaired) electrons. The Bertz CT molecular complexity index is 1030. The highest BCUT2D eigenvalue weighted by Crippen LogP contribution is 2.38. The molecule has 0 aliphatic carbocycles. The van der Waals surface area contributed by atoms with Crippen LogP contribution in [0.5, 0.6) is 28.7 Å². The minimum atomic E-state index is 0.113. The zero-order valence-electron chi connectivity index (χ0n) is 17.8. The van der Waals surface area contributed by atoms with Gasteiger partial charge in [0.25, 0.3) is 0 Å². The molecule has 0 spiro atoms. The summed E-state index contributed by atoms with van der Waals surface area (Å²) >= 11 is 1.41. The van der Waals surface area contributed by atoms with Crippen molar-refractivity contribution in [3.8, 4) is 28.7 Å². The zero-order valence-corrected chi connectivity index (χ0v) is 18.7. The van der Waals surface area contributed by atoms with E-state index in [0.29, 0.717) is 23.0 Å². The van der Waals surface area contributed by atoms with E-state index in [-0.39, 0.29) is 5.75 Å². The Balaban J connectivity index is 1.66. The fraction of sp³-hybridized carbons (Fsp3) is 0.167. The SMILES string of the molecule is COc1ccc(SNc2ccc(/C=C\c3cc(OC)c(OC)c(OC)c3)cc2)cc1O. The summed E-state index contributed by atoms with van der Waals surface area (Å²) in [6.07, 6.45) is 4.00. The second kappa shape index (κ2) is 10.5. The van der Waals surface area contributed by atoms with Gasteiger partial charge in [0.1, 0.15) is 0 Å². The third kappa shape index (κ3) is 5.58. The van der Waals surface area contributed by atoms with Gasteiger partial charge in [-0.25, -0.2) is 0 Å². The van der Waals surface area contributed by atoms with Crippen molar-refractivity contribution in [2.24, 2.45) is 0 Å². The first-order valence-corrected chi connectivity index (χ1v) is 10.3. The lowest BCUT2D eigenvalue weighted by molar-refractivity contribution is 0.324. The van der Waals surface area contributed by atoms with Crippen LogP contribution in [0.3, 0.4) is 0 Å². The zero-order chi connectivity index (χ0) is 22.2. The van der Waals surface area contributed by atoms with E-state index < -0.39 is 0 Å². The molecule has 0 saturated heterocycles. The van der Waals surface area contributed by atoms with Crippen LogP contribution in [0.25, 0.3) is 12.2 Å². The van der Waals surface area contributed by atoms with Crippen LogP contribution >= 0.6 is 11.9 Å². The van der Waals surface area contributed by atoms with Crippen molar-refractivity contribution >= 4 is 29.8 Å². The molecule has 31 heavy (non-hydrogen) atoms. The molecule has 0 aromatic heterocycles. The van der Waals surface area contributed by atoms with Gasteiger partial charge < -0.3 is 28.8 Å². The van der Waals surface area contributed by atoms with Crippen molar-refractivity contribution in [1.82, 2.24) is 0 Å². The number of benzene rings is 3. The van der Waals surface area contributed by atoms with E-state index in [9.17, 15) is 5.11 Å². The molecule has 7 heteroatoms. The molecule has 0 saturated carbocycles. The number of anilines is 1. The number of hydrogen-bond acceptors (Lipinski definition) is 7. The lowest BCUT2D eigenvalue weighted by atomic mass is 10.1. The van der Waals surface area contributed by atoms with Crippen molar-refractivity contribution in [3.63, 3.8) is 0 Å². The van der Waals surface area contributed by atoms with Crippen molar-refractivity contribution < 1.29 is 24.1 Å². The number of nitrogens with one attached hydrogen (secondary N) is 1. The summed E-state index contributed by atoms with van der Waals surface area (Å²) in [7, 11) is 6.31. The molecule has 6 nitrogen and oxygen atoms in total. The smallest absolute Gasteiger partial charge is 0.203 e. The minimum absolute atomic E-state index is 0.113. The van der Waals surface area contributed by atoms with E-state index in [0.717, 1.165) is 21.7 Å². The molecular formula is C24H25NO5S. The topological polar surface area (TPSA) is 69.2 Å². The fourth-order valence-electron chi connectivity index (χ4n) is 2.90. The monoisotopic (exact) mass is 439 g/mol. The van der Waals surface area contributed by atoms with Crippen LogP contribution in [0.15, 0.2) is 59.5 Å². The third-order valence-electron chi connectivity index (χ3n) is 4.50. The summed E-state index contributed by atoms with van der Waals surface area (Å²) in [5.74, 6) is 2.36. The van der Waals surface area contributed by atoms with E-state index >= 15 is 0 Å². The molecule has 0 amide bonds. The van der Waals surface area contributed by atoms with Crippen molar-refractivity contribution in [2.75, 3.05) is 33.2 Å². The van der Waals surface area contributed by atoms with Gasteiger partial charge >= 0.3 is 0 Å². The quantitative estimate of drug-likeness (QED) is 0.327. The third-order valence-corrected chi connectivity index (χ3v) is 5.33. The molecule has 0 atom stereocenters. The molecule has 0 fully saturated rings. The highest BCUT2D eigenvalue weighted by Gasteiger charge is 2.12. The van der Waals surface area contributed by atoms with Gasteiger partial charge in [0.2, 0.25) is 5.75 Å². The molecule has 3 aromatic carbocycles. The van der Waals surface area contributed by atoms with Gasteiger partial charge in [-0.3, -0.25) is 0 Å². The van der Waals surface area contributed by atoms with E-state index in [1.54, 1.807) is 33.5 Å². The number of phenols is 1. The molecule has 3 aromatic rings. The summed E-state index contributed by atoms with van der Waals surface area (Å²) in [6.45, 7) is 0. The molecule has 0 aliphatic rings. The summed E-state index contributed by atoms with van der Waals surface area (Å²) in [4.78, 5) is 0.879. The van der Waals surface area contributed by atoms with E-state index in [2.05, 4.69) is 4.72 Å². The molecule has 0 unspecified atom stereocenters. The number of ether oxygens (including phenoxy) is 4. The van der Waals surface area contributed by atoms with E-state index in [1.165, 1.54) is 19.1 Å². The Hall–Kier alpha value is -3.45. The maximum absolute atomic E-state index is 9.88. The highest BCUT2D eigenvalue weighted by molar-refractivity contribution is 8.00. The summed E-state index contributed by atoms with van der Waals surface area (Å²) in [6, 6.07) is 17.1. The molecule has 0 heterocycles. The van der Waals surface area contributed by atoms with Gasteiger partial charge in [-0.2, -0.15) is 0 Å². The average Bonchev–Trinajstić information content (AvgIpc) is 2.81. The number of methoxy groups -OCH3 is 4. The molecule has 0 aliphatic heterocycles. The first kappa shape index (κ1) is 22.2. The maximum Gasteiger partial charge on any atom is 0.203 e. The van der Waals surface area contributed by atoms with Crippen molar-refractivity contribution in [1.29, 1.82) is 0 Å². The number of rotatable bonds is 9. The van der Waals surface area contributed by atoms with Crippen LogP contribution in [0.1, 0.15) is 11.1 Å². The van der Waals surface area contributed by atoms with Crippen molar-refractivity contribution in [3.05, 3.63) is 65.7 Å². The van der Waals surface area contributed by atoms with E-state index in [1.807, 2.05) is 54.6 Å². The standard InChI is InChI=1S/C24H25NO5S/c1-27-21-12-11-19(15-20(21)26)31-25-18-9-7-16(8-10-18)5-6-17-13-22(28-2)24(30-4)23(14-17)29-3/h5-15,25-26H,1-4H3/b6-5-. The number of phenolic OH excluding ortho intramolecular Hbond substituents is 1. The van der Waals surface area contributed by atoms with Crippen LogP contribution in [0, 0.1) is 0 Å². The Morgan fingerprint density at radius 1 is 0.710 bits per heavy atom. The second-order valence-electron chi connectivity index (χ2n) is 6.45. The predicted octanol–water partition coefficient (Wildman–Crippen LogP) is 5.72. The van der Waals surface area contributed by atoms with Gasteiger partial charge in [0, 0.05) is 10.6 Å². The average molecular weight is 440 g/mol. The number of aromatic hydroxyl groups is 1. The molecule has 2 N–H and O–H groups in total. The van der Waals surface area contributed by atoms with Gasteiger partial charge in [0.05, 0.1) is 28.4 Å². The van der Waals surface area contributed by atoms with Gasteiger partial charge in [-0.15, -0.1) is 0 Å². The Kier molecular flexibility index (Phi) is 7.56. The van der Waals surface area contributed by atoms with Crippen molar-refractivity contribution in [2.45, 2.75) is 4.90 Å². The normalized spacial score (nSPS) is 10.7. The van der Waals surface area contributed by atoms with Crippen LogP contribution in [-0.4, -0.2) is 33.5 Å². The maximum atomic E-state index is 9.88. The van der Waals surface area contributed by atoms with E-state index in [4.69, 9.17) is 18.9 Å². The van der Waals surface area contributed by atoms with Crippen LogP contribution in [0.4, 0.5) is 5.69 Å². The van der Waals surface area contributed by atoms with Crippen LogP contribution in [0.2, 0.25) is 0 Å². The molecule has 3 rings (SSSR count). The van der Waals surface area contributed by atoms with Gasteiger partial charge in [0.15, 0.2) is 23.0 Å². The summed E-state index contributed by atoms with van der Waals surface area (Å²) in [5, 5.41) is 9.88. The largest absolute Gasteiger partial charge is 0.504 e. The van der Waals surface area contributed by atoms with Crippen LogP contribution < -0.4 is 23.7 Å². The molecule has 0 bridgehead atoms. The lowest BCUT2D eigenvalue weighted by Gasteiger charge is -2.12. The van der Waals surface area contributed by atoms with Gasteiger partial charge in [-0.1, -0.05) is 24.3 Å². The number of hydrogen-bond donors (Lipinski definition) is 2. The Labute approximate surface area is 186 Å². The molecule has 162 valence electrons. The lowest BCUT2D eigenvalue weighted by Crippen LogP contribution is -1.95. The first-order chi connectivity index (χ1) is 15.1.